The van der Waals surface area contributed by atoms with Crippen LogP contribution in [-0.2, 0) is 7.05 Å². The number of pyridine rings is 2. The minimum atomic E-state index is -0.0234. The second-order valence-electron chi connectivity index (χ2n) is 7.45. The van der Waals surface area contributed by atoms with Crippen molar-refractivity contribution in [1.82, 2.24) is 9.55 Å². The van der Waals surface area contributed by atoms with Gasteiger partial charge in [0.2, 0.25) is 0 Å². The summed E-state index contributed by atoms with van der Waals surface area (Å²) in [6, 6.07) is 6.13. The molecule has 2 unspecified atom stereocenters. The lowest BCUT2D eigenvalue weighted by molar-refractivity contribution is 0.245. The van der Waals surface area contributed by atoms with Crippen LogP contribution in [0.5, 0.6) is 5.75 Å². The Morgan fingerprint density at radius 2 is 1.96 bits per heavy atom. The van der Waals surface area contributed by atoms with E-state index in [1.807, 2.05) is 39.0 Å². The summed E-state index contributed by atoms with van der Waals surface area (Å²) in [6.07, 6.45) is 2.67. The summed E-state index contributed by atoms with van der Waals surface area (Å²) in [5.41, 5.74) is 8.49. The van der Waals surface area contributed by atoms with Crippen LogP contribution in [0.2, 0.25) is 0 Å². The van der Waals surface area contributed by atoms with E-state index >= 15 is 0 Å². The van der Waals surface area contributed by atoms with E-state index in [0.717, 1.165) is 39.7 Å². The van der Waals surface area contributed by atoms with E-state index in [1.165, 1.54) is 0 Å². The lowest BCUT2D eigenvalue weighted by Gasteiger charge is -2.18. The highest BCUT2D eigenvalue weighted by molar-refractivity contribution is 6.07. The molecule has 0 spiro atoms. The summed E-state index contributed by atoms with van der Waals surface area (Å²) in [5, 5.41) is 2.69. The molecule has 2 atom stereocenters. The Balaban J connectivity index is 2.10. The molecule has 5 nitrogen and oxygen atoms in total. The molecule has 138 valence electrons. The topological polar surface area (TPSA) is 70.1 Å². The van der Waals surface area contributed by atoms with Crippen molar-refractivity contribution in [2.24, 2.45) is 18.7 Å². The molecule has 5 heteroatoms. The molecule has 0 saturated heterocycles. The third kappa shape index (κ3) is 3.31. The van der Waals surface area contributed by atoms with Crippen molar-refractivity contribution >= 4 is 21.7 Å². The van der Waals surface area contributed by atoms with Crippen molar-refractivity contribution < 1.29 is 4.74 Å². The molecule has 0 amide bonds. The zero-order valence-electron chi connectivity index (χ0n) is 16.2. The van der Waals surface area contributed by atoms with E-state index in [-0.39, 0.29) is 11.6 Å². The van der Waals surface area contributed by atoms with Crippen LogP contribution in [0.3, 0.4) is 0 Å². The number of benzene rings is 1. The molecular weight excluding hydrogens is 326 g/mol. The van der Waals surface area contributed by atoms with Crippen LogP contribution < -0.4 is 16.0 Å². The minimum absolute atomic E-state index is 0.0234. The van der Waals surface area contributed by atoms with Crippen LogP contribution in [0.1, 0.15) is 31.5 Å². The first kappa shape index (κ1) is 18.4. The highest BCUT2D eigenvalue weighted by Crippen LogP contribution is 2.30. The summed E-state index contributed by atoms with van der Waals surface area (Å²) in [5.74, 6) is 1.12. The Bertz CT molecular complexity index is 1020. The molecule has 0 aliphatic carbocycles. The minimum Gasteiger partial charge on any atom is -0.493 e. The smallest absolute Gasteiger partial charge is 0.259 e. The normalized spacial score (nSPS) is 13.9. The van der Waals surface area contributed by atoms with Crippen LogP contribution in [0, 0.1) is 19.8 Å². The molecule has 2 N–H and O–H groups in total. The fraction of sp³-hybridized carbons (Fsp3) is 0.429. The summed E-state index contributed by atoms with van der Waals surface area (Å²) < 4.78 is 7.69. The third-order valence-corrected chi connectivity index (χ3v) is 4.90. The number of fused-ring (bicyclic) bond motifs is 3. The monoisotopic (exact) mass is 353 g/mol. The molecule has 3 aromatic rings. The first-order valence-corrected chi connectivity index (χ1v) is 9.06. The predicted molar refractivity (Wildman–Crippen MR) is 107 cm³/mol. The van der Waals surface area contributed by atoms with Crippen LogP contribution in [0.25, 0.3) is 21.7 Å². The van der Waals surface area contributed by atoms with Gasteiger partial charge in [0.25, 0.3) is 5.56 Å². The highest BCUT2D eigenvalue weighted by atomic mass is 16.5. The van der Waals surface area contributed by atoms with Crippen molar-refractivity contribution in [2.75, 3.05) is 6.61 Å². The Hall–Kier alpha value is -2.40. The fourth-order valence-corrected chi connectivity index (χ4v) is 3.60. The number of hydrogen-bond acceptors (Lipinski definition) is 4. The molecule has 0 bridgehead atoms. The van der Waals surface area contributed by atoms with Gasteiger partial charge in [-0.2, -0.15) is 0 Å². The van der Waals surface area contributed by atoms with Gasteiger partial charge in [-0.3, -0.25) is 9.78 Å². The van der Waals surface area contributed by atoms with Gasteiger partial charge in [0, 0.05) is 29.7 Å². The second kappa shape index (κ2) is 7.08. The summed E-state index contributed by atoms with van der Waals surface area (Å²) in [4.78, 5) is 17.3. The van der Waals surface area contributed by atoms with Crippen LogP contribution in [0.4, 0.5) is 0 Å². The number of ether oxygens (including phenoxy) is 1. The highest BCUT2D eigenvalue weighted by Gasteiger charge is 2.15. The SMILES string of the molecule is Cc1cc2c3ccc(OCC(C)CC(C)N)c(C)c3c(=O)n(C)c2cn1. The van der Waals surface area contributed by atoms with E-state index < -0.39 is 0 Å². The molecular formula is C21H27N3O2. The summed E-state index contributed by atoms with van der Waals surface area (Å²) >= 11 is 0. The van der Waals surface area contributed by atoms with Gasteiger partial charge in [0.05, 0.1) is 23.7 Å². The van der Waals surface area contributed by atoms with Crippen molar-refractivity contribution in [3.63, 3.8) is 0 Å². The van der Waals surface area contributed by atoms with Gasteiger partial charge in [-0.15, -0.1) is 0 Å². The standard InChI is InChI=1S/C21H27N3O2/c1-12(8-13(2)22)11-26-19-7-6-16-17-9-14(3)23-10-18(17)24(5)21(25)20(16)15(19)4/h6-7,9-10,12-13H,8,11,22H2,1-5H3. The molecule has 0 saturated carbocycles. The molecule has 0 aliphatic rings. The number of nitrogens with two attached hydrogens (primary N) is 1. The first-order chi connectivity index (χ1) is 12.3. The van der Waals surface area contributed by atoms with Gasteiger partial charge >= 0.3 is 0 Å². The maximum absolute atomic E-state index is 12.9. The van der Waals surface area contributed by atoms with Crippen molar-refractivity contribution in [3.05, 3.63) is 46.0 Å². The summed E-state index contributed by atoms with van der Waals surface area (Å²) in [6.45, 7) is 8.63. The van der Waals surface area contributed by atoms with Crippen LogP contribution in [-0.4, -0.2) is 22.2 Å². The first-order valence-electron chi connectivity index (χ1n) is 9.06. The molecule has 0 aliphatic heterocycles. The number of aryl methyl sites for hydroxylation is 3. The zero-order chi connectivity index (χ0) is 19.0. The van der Waals surface area contributed by atoms with E-state index in [9.17, 15) is 4.79 Å². The van der Waals surface area contributed by atoms with Gasteiger partial charge in [-0.25, -0.2) is 0 Å². The number of nitrogens with zero attached hydrogens (tertiary/aromatic N) is 2. The van der Waals surface area contributed by atoms with Crippen molar-refractivity contribution in [3.8, 4) is 5.75 Å². The number of hydrogen-bond donors (Lipinski definition) is 1. The fourth-order valence-electron chi connectivity index (χ4n) is 3.60. The Labute approximate surface area is 153 Å². The van der Waals surface area contributed by atoms with Crippen LogP contribution in [0.15, 0.2) is 29.2 Å². The van der Waals surface area contributed by atoms with Crippen LogP contribution >= 0.6 is 0 Å². The maximum Gasteiger partial charge on any atom is 0.259 e. The largest absolute Gasteiger partial charge is 0.493 e. The molecule has 0 fully saturated rings. The van der Waals surface area contributed by atoms with Crippen molar-refractivity contribution in [1.29, 1.82) is 0 Å². The quantitative estimate of drug-likeness (QED) is 0.713. The van der Waals surface area contributed by atoms with Gasteiger partial charge in [-0.1, -0.05) is 6.92 Å². The third-order valence-electron chi connectivity index (χ3n) is 4.90. The Kier molecular flexibility index (Phi) is 5.01. The molecule has 2 heterocycles. The van der Waals surface area contributed by atoms with Gasteiger partial charge in [0.1, 0.15) is 5.75 Å². The predicted octanol–water partition coefficient (Wildman–Crippen LogP) is 3.46. The molecule has 3 rings (SSSR count). The van der Waals surface area contributed by atoms with E-state index in [1.54, 1.807) is 17.8 Å². The van der Waals surface area contributed by atoms with Gasteiger partial charge < -0.3 is 15.0 Å². The zero-order valence-corrected chi connectivity index (χ0v) is 16.2. The van der Waals surface area contributed by atoms with E-state index in [0.29, 0.717) is 17.9 Å². The average molecular weight is 353 g/mol. The molecule has 2 aromatic heterocycles. The lowest BCUT2D eigenvalue weighted by Crippen LogP contribution is -2.22. The maximum atomic E-state index is 12.9. The number of aromatic nitrogens is 2. The Morgan fingerprint density at radius 3 is 2.65 bits per heavy atom. The molecule has 0 radical (unpaired) electrons. The second-order valence-corrected chi connectivity index (χ2v) is 7.45. The summed E-state index contributed by atoms with van der Waals surface area (Å²) in [7, 11) is 1.79. The van der Waals surface area contributed by atoms with E-state index in [4.69, 9.17) is 10.5 Å². The van der Waals surface area contributed by atoms with Gasteiger partial charge in [-0.05, 0) is 56.7 Å². The van der Waals surface area contributed by atoms with Crippen molar-refractivity contribution in [2.45, 2.75) is 40.2 Å². The Morgan fingerprint density at radius 1 is 1.23 bits per heavy atom. The number of rotatable bonds is 5. The lowest BCUT2D eigenvalue weighted by atomic mass is 10.0. The van der Waals surface area contributed by atoms with Gasteiger partial charge in [0.15, 0.2) is 0 Å². The van der Waals surface area contributed by atoms with E-state index in [2.05, 4.69) is 11.9 Å². The average Bonchev–Trinajstić information content (AvgIpc) is 2.57. The molecule has 26 heavy (non-hydrogen) atoms. The molecule has 1 aromatic carbocycles.